The van der Waals surface area contributed by atoms with Gasteiger partial charge in [0.05, 0.1) is 16.6 Å². The van der Waals surface area contributed by atoms with Crippen LogP contribution in [-0.4, -0.2) is 10.1 Å². The summed E-state index contributed by atoms with van der Waals surface area (Å²) in [5, 5.41) is 10.6. The molecule has 0 radical (unpaired) electrons. The summed E-state index contributed by atoms with van der Waals surface area (Å²) < 4.78 is 0.640. The van der Waals surface area contributed by atoms with E-state index in [0.29, 0.717) is 15.2 Å². The summed E-state index contributed by atoms with van der Waals surface area (Å²) in [5.74, 6) is 0. The minimum atomic E-state index is -0.825. The molecule has 18 heavy (non-hydrogen) atoms. The molecule has 2 atom stereocenters. The Morgan fingerprint density at radius 3 is 2.50 bits per heavy atom. The molecule has 2 aromatic rings. The van der Waals surface area contributed by atoms with Crippen LogP contribution in [0.5, 0.6) is 0 Å². The van der Waals surface area contributed by atoms with Gasteiger partial charge in [-0.3, -0.25) is 0 Å². The number of pyridine rings is 1. The molecule has 0 bridgehead atoms. The monoisotopic (exact) mass is 326 g/mol. The Kier molecular flexibility index (Phi) is 4.35. The fourth-order valence-corrected chi connectivity index (χ4v) is 2.13. The van der Waals surface area contributed by atoms with Gasteiger partial charge in [-0.2, -0.15) is 0 Å². The second-order valence-electron chi connectivity index (χ2n) is 3.92. The molecular formula is C13H12BrClN2O. The SMILES string of the molecule is NC(c1ccccc1)C(O)c1cnc(Cl)c(Br)c1. The van der Waals surface area contributed by atoms with E-state index in [4.69, 9.17) is 17.3 Å². The number of benzene rings is 1. The largest absolute Gasteiger partial charge is 0.386 e. The van der Waals surface area contributed by atoms with Crippen LogP contribution in [0.1, 0.15) is 23.3 Å². The van der Waals surface area contributed by atoms with Crippen molar-refractivity contribution < 1.29 is 5.11 Å². The lowest BCUT2D eigenvalue weighted by Gasteiger charge is -2.19. The van der Waals surface area contributed by atoms with Crippen molar-refractivity contribution in [2.75, 3.05) is 0 Å². The van der Waals surface area contributed by atoms with Gasteiger partial charge in [0.2, 0.25) is 0 Å². The number of aliphatic hydroxyl groups excluding tert-OH is 1. The van der Waals surface area contributed by atoms with Crippen LogP contribution in [0.3, 0.4) is 0 Å². The van der Waals surface area contributed by atoms with Gasteiger partial charge in [-0.25, -0.2) is 4.98 Å². The number of hydrogen-bond acceptors (Lipinski definition) is 3. The van der Waals surface area contributed by atoms with E-state index in [-0.39, 0.29) is 0 Å². The molecule has 1 aromatic carbocycles. The zero-order chi connectivity index (χ0) is 13.1. The Hall–Kier alpha value is -0.940. The van der Waals surface area contributed by atoms with Crippen molar-refractivity contribution in [3.05, 3.63) is 63.3 Å². The summed E-state index contributed by atoms with van der Waals surface area (Å²) in [6, 6.07) is 10.7. The topological polar surface area (TPSA) is 59.1 Å². The standard InChI is InChI=1S/C13H12BrClN2O/c14-10-6-9(7-17-13(10)15)12(18)11(16)8-4-2-1-3-5-8/h1-7,11-12,18H,16H2. The molecule has 0 aliphatic carbocycles. The van der Waals surface area contributed by atoms with Crippen LogP contribution in [0.4, 0.5) is 0 Å². The summed E-state index contributed by atoms with van der Waals surface area (Å²) in [6.07, 6.45) is 0.703. The molecular weight excluding hydrogens is 316 g/mol. The van der Waals surface area contributed by atoms with E-state index in [0.717, 1.165) is 5.56 Å². The van der Waals surface area contributed by atoms with Crippen LogP contribution >= 0.6 is 27.5 Å². The zero-order valence-corrected chi connectivity index (χ0v) is 11.8. The summed E-state index contributed by atoms with van der Waals surface area (Å²) in [5.41, 5.74) is 7.53. The predicted molar refractivity (Wildman–Crippen MR) is 75.3 cm³/mol. The van der Waals surface area contributed by atoms with Crippen LogP contribution in [-0.2, 0) is 0 Å². The smallest absolute Gasteiger partial charge is 0.143 e. The lowest BCUT2D eigenvalue weighted by atomic mass is 9.98. The molecule has 1 heterocycles. The quantitative estimate of drug-likeness (QED) is 0.851. The second kappa shape index (κ2) is 5.80. The van der Waals surface area contributed by atoms with Crippen molar-refractivity contribution in [3.63, 3.8) is 0 Å². The van der Waals surface area contributed by atoms with Gasteiger partial charge in [0, 0.05) is 11.8 Å². The number of halogens is 2. The van der Waals surface area contributed by atoms with E-state index in [1.54, 1.807) is 6.07 Å². The molecule has 0 aliphatic heterocycles. The molecule has 3 N–H and O–H groups in total. The maximum atomic E-state index is 10.2. The molecule has 94 valence electrons. The Labute approximate surface area is 119 Å². The Balaban J connectivity index is 2.25. The molecule has 0 amide bonds. The van der Waals surface area contributed by atoms with E-state index in [1.165, 1.54) is 6.20 Å². The Morgan fingerprint density at radius 1 is 1.22 bits per heavy atom. The van der Waals surface area contributed by atoms with Gasteiger partial charge in [0.1, 0.15) is 5.15 Å². The first-order valence-corrected chi connectivity index (χ1v) is 6.56. The average molecular weight is 328 g/mol. The third-order valence-electron chi connectivity index (χ3n) is 2.68. The molecule has 5 heteroatoms. The third-order valence-corrected chi connectivity index (χ3v) is 3.82. The first-order chi connectivity index (χ1) is 8.59. The molecule has 1 aromatic heterocycles. The van der Waals surface area contributed by atoms with E-state index in [2.05, 4.69) is 20.9 Å². The van der Waals surface area contributed by atoms with Crippen molar-refractivity contribution in [3.8, 4) is 0 Å². The number of aromatic nitrogens is 1. The predicted octanol–water partition coefficient (Wildman–Crippen LogP) is 3.23. The fourth-order valence-electron chi connectivity index (χ4n) is 1.66. The zero-order valence-electron chi connectivity index (χ0n) is 9.42. The van der Waals surface area contributed by atoms with Crippen LogP contribution in [0, 0.1) is 0 Å². The molecule has 0 fully saturated rings. The summed E-state index contributed by atoms with van der Waals surface area (Å²) in [6.45, 7) is 0. The third kappa shape index (κ3) is 2.90. The molecule has 3 nitrogen and oxygen atoms in total. The maximum absolute atomic E-state index is 10.2. The molecule has 0 saturated carbocycles. The highest BCUT2D eigenvalue weighted by Gasteiger charge is 2.19. The first-order valence-electron chi connectivity index (χ1n) is 5.39. The van der Waals surface area contributed by atoms with E-state index in [1.807, 2.05) is 30.3 Å². The molecule has 0 spiro atoms. The Bertz CT molecular complexity index is 536. The van der Waals surface area contributed by atoms with E-state index < -0.39 is 12.1 Å². The van der Waals surface area contributed by atoms with Crippen molar-refractivity contribution in [1.29, 1.82) is 0 Å². The number of aliphatic hydroxyl groups is 1. The normalized spacial score (nSPS) is 14.2. The van der Waals surface area contributed by atoms with Crippen LogP contribution in [0.2, 0.25) is 5.15 Å². The van der Waals surface area contributed by atoms with Gasteiger partial charge in [0.25, 0.3) is 0 Å². The van der Waals surface area contributed by atoms with Crippen LogP contribution in [0.15, 0.2) is 47.1 Å². The van der Waals surface area contributed by atoms with Crippen molar-refractivity contribution in [1.82, 2.24) is 4.98 Å². The summed E-state index contributed by atoms with van der Waals surface area (Å²) >= 11 is 9.08. The summed E-state index contributed by atoms with van der Waals surface area (Å²) in [4.78, 5) is 3.98. The molecule has 0 saturated heterocycles. The highest BCUT2D eigenvalue weighted by atomic mass is 79.9. The summed E-state index contributed by atoms with van der Waals surface area (Å²) in [7, 11) is 0. The van der Waals surface area contributed by atoms with Gasteiger partial charge < -0.3 is 10.8 Å². The minimum absolute atomic E-state index is 0.360. The highest BCUT2D eigenvalue weighted by molar-refractivity contribution is 9.10. The molecule has 2 unspecified atom stereocenters. The van der Waals surface area contributed by atoms with Gasteiger partial charge in [0.15, 0.2) is 0 Å². The van der Waals surface area contributed by atoms with Gasteiger partial charge in [-0.05, 0) is 27.6 Å². The fraction of sp³-hybridized carbons (Fsp3) is 0.154. The van der Waals surface area contributed by atoms with Crippen LogP contribution in [0.25, 0.3) is 0 Å². The molecule has 0 aliphatic rings. The maximum Gasteiger partial charge on any atom is 0.143 e. The minimum Gasteiger partial charge on any atom is -0.386 e. The van der Waals surface area contributed by atoms with E-state index in [9.17, 15) is 5.11 Å². The van der Waals surface area contributed by atoms with Gasteiger partial charge in [-0.15, -0.1) is 0 Å². The second-order valence-corrected chi connectivity index (χ2v) is 5.13. The first kappa shape index (κ1) is 13.5. The lowest BCUT2D eigenvalue weighted by Crippen LogP contribution is -2.19. The Morgan fingerprint density at radius 2 is 1.89 bits per heavy atom. The number of hydrogen-bond donors (Lipinski definition) is 2. The molecule has 2 rings (SSSR count). The van der Waals surface area contributed by atoms with Gasteiger partial charge >= 0.3 is 0 Å². The van der Waals surface area contributed by atoms with Crippen LogP contribution < -0.4 is 5.73 Å². The average Bonchev–Trinajstić information content (AvgIpc) is 2.41. The van der Waals surface area contributed by atoms with Crippen molar-refractivity contribution in [2.24, 2.45) is 5.73 Å². The van der Waals surface area contributed by atoms with Crippen molar-refractivity contribution in [2.45, 2.75) is 12.1 Å². The van der Waals surface area contributed by atoms with Gasteiger partial charge in [-0.1, -0.05) is 41.9 Å². The van der Waals surface area contributed by atoms with Crippen molar-refractivity contribution >= 4 is 27.5 Å². The number of rotatable bonds is 3. The lowest BCUT2D eigenvalue weighted by molar-refractivity contribution is 0.146. The van der Waals surface area contributed by atoms with E-state index >= 15 is 0 Å². The highest BCUT2D eigenvalue weighted by Crippen LogP contribution is 2.29. The number of nitrogens with zero attached hydrogens (tertiary/aromatic N) is 1. The number of nitrogens with two attached hydrogens (primary N) is 1.